The monoisotopic (exact) mass is 368 g/mol. The predicted molar refractivity (Wildman–Crippen MR) is 105 cm³/mol. The van der Waals surface area contributed by atoms with E-state index < -0.39 is 0 Å². The molecule has 0 aliphatic heterocycles. The highest BCUT2D eigenvalue weighted by atomic mass is 16.5. The Morgan fingerprint density at radius 1 is 1.04 bits per heavy atom. The summed E-state index contributed by atoms with van der Waals surface area (Å²) in [7, 11) is 0. The van der Waals surface area contributed by atoms with Crippen molar-refractivity contribution >= 4 is 29.0 Å². The number of ether oxygens (including phenoxy) is 1. The first-order chi connectivity index (χ1) is 12.9. The quantitative estimate of drug-likeness (QED) is 0.722. The van der Waals surface area contributed by atoms with Crippen LogP contribution in [-0.2, 0) is 9.59 Å². The number of carbonyl (C=O) groups excluding carboxylic acids is 3. The molecule has 2 aromatic carbocycles. The minimum absolute atomic E-state index is 0.0654. The lowest BCUT2D eigenvalue weighted by Gasteiger charge is -2.21. The zero-order chi connectivity index (χ0) is 19.8. The molecule has 0 aliphatic carbocycles. The number of anilines is 2. The Morgan fingerprint density at radius 3 is 2.33 bits per heavy atom. The highest BCUT2D eigenvalue weighted by molar-refractivity contribution is 5.97. The Hall–Kier alpha value is -3.15. The van der Waals surface area contributed by atoms with Gasteiger partial charge in [-0.05, 0) is 50.2 Å². The lowest BCUT2D eigenvalue weighted by molar-refractivity contribution is -0.117. The summed E-state index contributed by atoms with van der Waals surface area (Å²) in [5.74, 6) is 0.288. The fraction of sp³-hybridized carbons (Fsp3) is 0.286. The number of nitrogens with zero attached hydrogens (tertiary/aromatic N) is 1. The number of carbonyl (C=O) groups is 3. The third-order valence-electron chi connectivity index (χ3n) is 3.95. The van der Waals surface area contributed by atoms with Crippen molar-refractivity contribution in [2.75, 3.05) is 23.4 Å². The van der Waals surface area contributed by atoms with Crippen molar-refractivity contribution in [3.05, 3.63) is 54.1 Å². The van der Waals surface area contributed by atoms with Crippen LogP contribution in [0.25, 0.3) is 0 Å². The topological polar surface area (TPSA) is 75.7 Å². The molecule has 0 saturated heterocycles. The van der Waals surface area contributed by atoms with Gasteiger partial charge in [-0.1, -0.05) is 12.1 Å². The van der Waals surface area contributed by atoms with Crippen molar-refractivity contribution in [3.63, 3.8) is 0 Å². The standard InChI is InChI=1S/C21H24N2O4/c1-4-27-20-10-8-19(9-11-20)23(16(3)25)13-12-21(26)22-18-7-5-6-17(14-18)15(2)24/h5-11,14H,4,12-13H2,1-3H3,(H,22,26). The molecule has 6 heteroatoms. The van der Waals surface area contributed by atoms with E-state index >= 15 is 0 Å². The summed E-state index contributed by atoms with van der Waals surface area (Å²) in [6, 6.07) is 13.9. The summed E-state index contributed by atoms with van der Waals surface area (Å²) in [5, 5.41) is 2.76. The Labute approximate surface area is 159 Å². The van der Waals surface area contributed by atoms with Gasteiger partial charge in [-0.25, -0.2) is 0 Å². The number of amides is 2. The molecular formula is C21H24N2O4. The largest absolute Gasteiger partial charge is 0.494 e. The van der Waals surface area contributed by atoms with Crippen LogP contribution in [0.5, 0.6) is 5.75 Å². The van der Waals surface area contributed by atoms with E-state index in [1.165, 1.54) is 13.8 Å². The number of rotatable bonds is 8. The van der Waals surface area contributed by atoms with Crippen LogP contribution in [0.1, 0.15) is 37.6 Å². The molecule has 0 heterocycles. The van der Waals surface area contributed by atoms with Gasteiger partial charge in [-0.3, -0.25) is 14.4 Å². The normalized spacial score (nSPS) is 10.2. The molecule has 1 N–H and O–H groups in total. The molecule has 0 aromatic heterocycles. The van der Waals surface area contributed by atoms with Crippen LogP contribution < -0.4 is 15.0 Å². The summed E-state index contributed by atoms with van der Waals surface area (Å²) in [6.07, 6.45) is 0.136. The van der Waals surface area contributed by atoms with Crippen LogP contribution in [0.3, 0.4) is 0 Å². The van der Waals surface area contributed by atoms with E-state index in [1.54, 1.807) is 53.4 Å². The number of hydrogen-bond acceptors (Lipinski definition) is 4. The highest BCUT2D eigenvalue weighted by Gasteiger charge is 2.14. The molecule has 0 atom stereocenters. The molecule has 6 nitrogen and oxygen atoms in total. The molecular weight excluding hydrogens is 344 g/mol. The summed E-state index contributed by atoms with van der Waals surface area (Å²) < 4.78 is 5.40. The van der Waals surface area contributed by atoms with Gasteiger partial charge in [0, 0.05) is 36.8 Å². The molecule has 0 fully saturated rings. The minimum Gasteiger partial charge on any atom is -0.494 e. The van der Waals surface area contributed by atoms with Crippen molar-refractivity contribution in [3.8, 4) is 5.75 Å². The van der Waals surface area contributed by atoms with E-state index in [-0.39, 0.29) is 30.6 Å². The lowest BCUT2D eigenvalue weighted by Crippen LogP contribution is -2.31. The third kappa shape index (κ3) is 5.95. The fourth-order valence-corrected chi connectivity index (χ4v) is 2.61. The maximum Gasteiger partial charge on any atom is 0.226 e. The number of hydrogen-bond donors (Lipinski definition) is 1. The van der Waals surface area contributed by atoms with Crippen molar-refractivity contribution in [2.45, 2.75) is 27.2 Å². The van der Waals surface area contributed by atoms with Gasteiger partial charge >= 0.3 is 0 Å². The van der Waals surface area contributed by atoms with E-state index in [1.807, 2.05) is 6.92 Å². The van der Waals surface area contributed by atoms with Crippen molar-refractivity contribution in [2.24, 2.45) is 0 Å². The second-order valence-corrected chi connectivity index (χ2v) is 6.03. The van der Waals surface area contributed by atoms with Crippen LogP contribution in [0, 0.1) is 0 Å². The van der Waals surface area contributed by atoms with Gasteiger partial charge in [-0.2, -0.15) is 0 Å². The van der Waals surface area contributed by atoms with Gasteiger partial charge in [-0.15, -0.1) is 0 Å². The maximum atomic E-state index is 12.2. The zero-order valence-electron chi connectivity index (χ0n) is 15.8. The van der Waals surface area contributed by atoms with Gasteiger partial charge in [0.1, 0.15) is 5.75 Å². The molecule has 2 amide bonds. The molecule has 0 unspecified atom stereocenters. The summed E-state index contributed by atoms with van der Waals surface area (Å²) in [5.41, 5.74) is 1.80. The highest BCUT2D eigenvalue weighted by Crippen LogP contribution is 2.20. The summed E-state index contributed by atoms with van der Waals surface area (Å²) in [6.45, 7) is 5.66. The first kappa shape index (κ1) is 20.2. The van der Waals surface area contributed by atoms with Gasteiger partial charge in [0.15, 0.2) is 5.78 Å². The van der Waals surface area contributed by atoms with Gasteiger partial charge in [0.25, 0.3) is 0 Å². The Balaban J connectivity index is 1.99. The van der Waals surface area contributed by atoms with Crippen LogP contribution in [0.4, 0.5) is 11.4 Å². The lowest BCUT2D eigenvalue weighted by atomic mass is 10.1. The molecule has 0 bridgehead atoms. The van der Waals surface area contributed by atoms with E-state index in [4.69, 9.17) is 4.74 Å². The van der Waals surface area contributed by atoms with E-state index in [0.717, 1.165) is 5.75 Å². The molecule has 0 saturated carbocycles. The summed E-state index contributed by atoms with van der Waals surface area (Å²) in [4.78, 5) is 37.2. The molecule has 0 spiro atoms. The molecule has 0 aliphatic rings. The number of Topliss-reactive ketones (excluding diaryl/α,β-unsaturated/α-hetero) is 1. The smallest absolute Gasteiger partial charge is 0.226 e. The second kappa shape index (κ2) is 9.52. The van der Waals surface area contributed by atoms with Crippen LogP contribution in [0.2, 0.25) is 0 Å². The zero-order valence-corrected chi connectivity index (χ0v) is 15.8. The van der Waals surface area contributed by atoms with Gasteiger partial charge in [0.05, 0.1) is 6.61 Å². The van der Waals surface area contributed by atoms with Crippen LogP contribution in [-0.4, -0.2) is 30.7 Å². The predicted octanol–water partition coefficient (Wildman–Crippen LogP) is 3.67. The first-order valence-corrected chi connectivity index (χ1v) is 8.82. The molecule has 27 heavy (non-hydrogen) atoms. The molecule has 142 valence electrons. The molecule has 2 aromatic rings. The van der Waals surface area contributed by atoms with Crippen molar-refractivity contribution in [1.29, 1.82) is 0 Å². The van der Waals surface area contributed by atoms with Crippen LogP contribution >= 0.6 is 0 Å². The average Bonchev–Trinajstić information content (AvgIpc) is 2.63. The van der Waals surface area contributed by atoms with E-state index in [2.05, 4.69) is 5.32 Å². The fourth-order valence-electron chi connectivity index (χ4n) is 2.61. The first-order valence-electron chi connectivity index (χ1n) is 8.82. The van der Waals surface area contributed by atoms with Crippen molar-refractivity contribution < 1.29 is 19.1 Å². The number of nitrogens with one attached hydrogen (secondary N) is 1. The minimum atomic E-state index is -0.229. The van der Waals surface area contributed by atoms with E-state index in [0.29, 0.717) is 23.5 Å². The second-order valence-electron chi connectivity index (χ2n) is 6.03. The van der Waals surface area contributed by atoms with Gasteiger partial charge in [0.2, 0.25) is 11.8 Å². The van der Waals surface area contributed by atoms with Crippen LogP contribution in [0.15, 0.2) is 48.5 Å². The van der Waals surface area contributed by atoms with Crippen molar-refractivity contribution in [1.82, 2.24) is 0 Å². The summed E-state index contributed by atoms with van der Waals surface area (Å²) >= 11 is 0. The molecule has 2 rings (SSSR count). The maximum absolute atomic E-state index is 12.2. The Morgan fingerprint density at radius 2 is 1.74 bits per heavy atom. The Kier molecular flexibility index (Phi) is 7.11. The van der Waals surface area contributed by atoms with Gasteiger partial charge < -0.3 is 15.0 Å². The molecule has 0 radical (unpaired) electrons. The average molecular weight is 368 g/mol. The third-order valence-corrected chi connectivity index (χ3v) is 3.95. The number of ketones is 1. The SMILES string of the molecule is CCOc1ccc(N(CCC(=O)Nc2cccc(C(C)=O)c2)C(C)=O)cc1. The number of benzene rings is 2. The Bertz CT molecular complexity index is 815. The van der Waals surface area contributed by atoms with E-state index in [9.17, 15) is 14.4 Å².